The molecule has 61 heavy (non-hydrogen) atoms. The van der Waals surface area contributed by atoms with Crippen LogP contribution in [0.2, 0.25) is 0 Å². The van der Waals surface area contributed by atoms with Crippen LogP contribution in [0, 0.1) is 6.92 Å². The number of nitrogens with zero attached hydrogens (tertiary/aromatic N) is 2. The lowest BCUT2D eigenvalue weighted by Crippen LogP contribution is -2.61. The summed E-state index contributed by atoms with van der Waals surface area (Å²) in [5, 5.41) is 5.93. The van der Waals surface area contributed by atoms with Crippen molar-refractivity contribution in [1.29, 1.82) is 0 Å². The molecule has 0 fully saturated rings. The fraction of sp³-hybridized carbons (Fsp3) is 0.0877. The van der Waals surface area contributed by atoms with Gasteiger partial charge in [0, 0.05) is 39.0 Å². The van der Waals surface area contributed by atoms with Gasteiger partial charge in [0.1, 0.15) is 5.58 Å². The lowest BCUT2D eigenvalue weighted by molar-refractivity contribution is 0.590. The number of hydrogen-bond donors (Lipinski definition) is 0. The third kappa shape index (κ3) is 5.59. The molecule has 3 heterocycles. The molecule has 9 aromatic carbocycles. The fourth-order valence-electron chi connectivity index (χ4n) is 10.0. The summed E-state index contributed by atoms with van der Waals surface area (Å²) in [5.41, 5.74) is 17.6. The molecule has 0 bridgehead atoms. The molecule has 290 valence electrons. The first-order valence-electron chi connectivity index (χ1n) is 21.4. The Balaban J connectivity index is 1.21. The van der Waals surface area contributed by atoms with E-state index in [-0.39, 0.29) is 12.3 Å². The van der Waals surface area contributed by atoms with E-state index >= 15 is 0 Å². The van der Waals surface area contributed by atoms with Crippen molar-refractivity contribution < 1.29 is 4.42 Å². The number of aryl methyl sites for hydroxylation is 1. The van der Waals surface area contributed by atoms with Crippen molar-refractivity contribution in [1.82, 2.24) is 0 Å². The summed E-state index contributed by atoms with van der Waals surface area (Å²) in [4.78, 5) is 5.04. The first-order chi connectivity index (χ1) is 29.8. The van der Waals surface area contributed by atoms with Gasteiger partial charge in [0.05, 0.1) is 5.69 Å². The van der Waals surface area contributed by atoms with E-state index in [1.165, 1.54) is 77.3 Å². The molecule has 0 spiro atoms. The topological polar surface area (TPSA) is 19.6 Å². The summed E-state index contributed by atoms with van der Waals surface area (Å²) in [7, 11) is 0. The van der Waals surface area contributed by atoms with E-state index < -0.39 is 0 Å². The number of anilines is 5. The van der Waals surface area contributed by atoms with Crippen LogP contribution in [-0.4, -0.2) is 6.85 Å². The predicted molar refractivity (Wildman–Crippen MR) is 259 cm³/mol. The third-order valence-electron chi connectivity index (χ3n) is 13.0. The van der Waals surface area contributed by atoms with Crippen molar-refractivity contribution in [3.05, 3.63) is 199 Å². The molecule has 0 atom stereocenters. The molecular formula is C57H43BN2O. The smallest absolute Gasteiger partial charge is 0.337 e. The molecular weight excluding hydrogens is 739 g/mol. The van der Waals surface area contributed by atoms with E-state index in [0.717, 1.165) is 39.3 Å². The van der Waals surface area contributed by atoms with Gasteiger partial charge in [-0.1, -0.05) is 154 Å². The zero-order chi connectivity index (χ0) is 41.0. The van der Waals surface area contributed by atoms with E-state index in [2.05, 4.69) is 225 Å². The van der Waals surface area contributed by atoms with Crippen LogP contribution in [-0.2, 0) is 5.41 Å². The molecule has 0 saturated carbocycles. The van der Waals surface area contributed by atoms with Gasteiger partial charge in [-0.2, -0.15) is 0 Å². The van der Waals surface area contributed by atoms with E-state index in [4.69, 9.17) is 4.42 Å². The van der Waals surface area contributed by atoms with E-state index in [1.807, 2.05) is 0 Å². The number of benzene rings is 9. The number of hydrogen-bond acceptors (Lipinski definition) is 3. The van der Waals surface area contributed by atoms with Crippen molar-refractivity contribution in [2.24, 2.45) is 0 Å². The molecule has 3 nitrogen and oxygen atoms in total. The van der Waals surface area contributed by atoms with E-state index in [1.54, 1.807) is 0 Å². The first-order valence-corrected chi connectivity index (χ1v) is 21.4. The summed E-state index contributed by atoms with van der Waals surface area (Å²) in [6.45, 7) is 8.93. The van der Waals surface area contributed by atoms with E-state index in [0.29, 0.717) is 0 Å². The Morgan fingerprint density at radius 1 is 0.459 bits per heavy atom. The van der Waals surface area contributed by atoms with Crippen molar-refractivity contribution in [3.8, 4) is 33.4 Å². The average molecular weight is 783 g/mol. The maximum Gasteiger partial charge on any atom is 0.337 e. The average Bonchev–Trinajstić information content (AvgIpc) is 3.65. The SMILES string of the molecule is Cc1cc2c3c(c1)N(c1ccc(C(C)(C)C)cc1-c1ccccc1)c1oc4cc5ccccc5cc4c1B3N(c1ccc(-c3ccccc3)cc1)c1cc3ccccc3cc1-2. The predicted octanol–water partition coefficient (Wildman–Crippen LogP) is 14.4. The quantitative estimate of drug-likeness (QED) is 0.166. The lowest BCUT2D eigenvalue weighted by Gasteiger charge is -2.44. The highest BCUT2D eigenvalue weighted by molar-refractivity contribution is 6.95. The molecule has 0 aliphatic carbocycles. The lowest BCUT2D eigenvalue weighted by atomic mass is 9.43. The number of rotatable bonds is 4. The molecule has 0 unspecified atom stereocenters. The summed E-state index contributed by atoms with van der Waals surface area (Å²) < 4.78 is 7.37. The highest BCUT2D eigenvalue weighted by Gasteiger charge is 2.48. The minimum absolute atomic E-state index is 0.0365. The van der Waals surface area contributed by atoms with Crippen LogP contribution in [0.4, 0.5) is 28.6 Å². The van der Waals surface area contributed by atoms with Crippen molar-refractivity contribution in [2.45, 2.75) is 33.1 Å². The van der Waals surface area contributed by atoms with Gasteiger partial charge in [-0.05, 0) is 127 Å². The molecule has 0 amide bonds. The Morgan fingerprint density at radius 3 is 1.75 bits per heavy atom. The van der Waals surface area contributed by atoms with Crippen LogP contribution in [0.3, 0.4) is 0 Å². The van der Waals surface area contributed by atoms with Crippen LogP contribution < -0.4 is 20.6 Å². The summed E-state index contributed by atoms with van der Waals surface area (Å²) in [6.07, 6.45) is 0. The molecule has 10 aromatic rings. The Bertz CT molecular complexity index is 3360. The number of fused-ring (bicyclic) bond motifs is 8. The van der Waals surface area contributed by atoms with Crippen LogP contribution in [0.1, 0.15) is 31.9 Å². The van der Waals surface area contributed by atoms with Crippen LogP contribution >= 0.6 is 0 Å². The molecule has 12 rings (SSSR count). The van der Waals surface area contributed by atoms with Gasteiger partial charge in [-0.25, -0.2) is 0 Å². The minimum atomic E-state index is -0.190. The first kappa shape index (κ1) is 35.6. The van der Waals surface area contributed by atoms with Crippen LogP contribution in [0.5, 0.6) is 0 Å². The van der Waals surface area contributed by atoms with E-state index in [9.17, 15) is 0 Å². The maximum atomic E-state index is 7.37. The summed E-state index contributed by atoms with van der Waals surface area (Å²) in [6, 6.07) is 69.4. The Morgan fingerprint density at radius 2 is 1.07 bits per heavy atom. The summed E-state index contributed by atoms with van der Waals surface area (Å²) >= 11 is 0. The molecule has 0 saturated heterocycles. The van der Waals surface area contributed by atoms with Gasteiger partial charge in [-0.15, -0.1) is 0 Å². The second kappa shape index (κ2) is 13.4. The third-order valence-corrected chi connectivity index (χ3v) is 13.0. The molecule has 4 heteroatoms. The van der Waals surface area contributed by atoms with Gasteiger partial charge in [-0.3, -0.25) is 4.90 Å². The molecule has 2 aliphatic rings. The minimum Gasteiger partial charge on any atom is -0.440 e. The molecule has 1 aromatic heterocycles. The zero-order valence-corrected chi connectivity index (χ0v) is 34.8. The Labute approximate surface area is 357 Å². The monoisotopic (exact) mass is 782 g/mol. The van der Waals surface area contributed by atoms with Crippen molar-refractivity contribution in [2.75, 3.05) is 9.71 Å². The largest absolute Gasteiger partial charge is 0.440 e. The molecule has 0 radical (unpaired) electrons. The highest BCUT2D eigenvalue weighted by Crippen LogP contribution is 2.51. The standard InChI is InChI=1S/C57H43BN2O/c1-36-29-48-47-31-40-19-11-13-21-42(40)33-51(47)60(45-26-23-38(24-27-45)37-15-7-5-8-16-37)58-54(48)52(30-36)59(56-55(58)49-32-41-20-12-14-22-43(41)34-53(49)61-56)50-28-25-44(57(2,3)4)35-46(50)39-17-9-6-10-18-39/h5-35H,1-4H3. The molecule has 2 aliphatic heterocycles. The second-order valence-electron chi connectivity index (χ2n) is 17.8. The normalized spacial score (nSPS) is 13.1. The fourth-order valence-corrected chi connectivity index (χ4v) is 10.0. The summed E-state index contributed by atoms with van der Waals surface area (Å²) in [5.74, 6) is 0.857. The Kier molecular flexibility index (Phi) is 7.80. The van der Waals surface area contributed by atoms with Crippen LogP contribution in [0.25, 0.3) is 65.9 Å². The second-order valence-corrected chi connectivity index (χ2v) is 17.8. The zero-order valence-electron chi connectivity index (χ0n) is 34.8. The highest BCUT2D eigenvalue weighted by atomic mass is 16.4. The number of furan rings is 1. The maximum absolute atomic E-state index is 7.37. The van der Waals surface area contributed by atoms with Gasteiger partial charge in [0.25, 0.3) is 0 Å². The van der Waals surface area contributed by atoms with Crippen LogP contribution in [0.15, 0.2) is 192 Å². The van der Waals surface area contributed by atoms with Crippen molar-refractivity contribution >= 4 is 78.9 Å². The Hall–Kier alpha value is -7.30. The van der Waals surface area contributed by atoms with Gasteiger partial charge in [0.15, 0.2) is 0 Å². The van der Waals surface area contributed by atoms with Gasteiger partial charge >= 0.3 is 6.85 Å². The van der Waals surface area contributed by atoms with Gasteiger partial charge < -0.3 is 9.23 Å². The molecule has 0 N–H and O–H groups in total. The van der Waals surface area contributed by atoms with Crippen molar-refractivity contribution in [3.63, 3.8) is 0 Å². The van der Waals surface area contributed by atoms with Gasteiger partial charge in [0.2, 0.25) is 5.88 Å².